The number of guanidine groups is 1. The molecule has 0 unspecified atom stereocenters. The number of amides is 1. The zero-order valence-electron chi connectivity index (χ0n) is 15.5. The molecular formula is C20H26N4O2. The smallest absolute Gasteiger partial charge is 0.253 e. The number of hydrogen-bond acceptors (Lipinski definition) is 3. The van der Waals surface area contributed by atoms with Gasteiger partial charge in [0, 0.05) is 30.4 Å². The summed E-state index contributed by atoms with van der Waals surface area (Å²) in [7, 11) is 1.62. The van der Waals surface area contributed by atoms with E-state index < -0.39 is 0 Å². The van der Waals surface area contributed by atoms with Gasteiger partial charge in [-0.1, -0.05) is 18.2 Å². The van der Waals surface area contributed by atoms with Crippen molar-refractivity contribution < 1.29 is 9.53 Å². The fourth-order valence-corrected chi connectivity index (χ4v) is 2.51. The van der Waals surface area contributed by atoms with Gasteiger partial charge in [-0.15, -0.1) is 0 Å². The van der Waals surface area contributed by atoms with Crippen molar-refractivity contribution in [3.63, 3.8) is 0 Å². The van der Waals surface area contributed by atoms with Gasteiger partial charge >= 0.3 is 0 Å². The number of carbonyl (C=O) groups excluding carboxylic acids is 1. The molecule has 0 atom stereocenters. The molecule has 2 aromatic rings. The fourth-order valence-electron chi connectivity index (χ4n) is 2.51. The Morgan fingerprint density at radius 2 is 1.85 bits per heavy atom. The van der Waals surface area contributed by atoms with Gasteiger partial charge in [-0.2, -0.15) is 0 Å². The van der Waals surface area contributed by atoms with Gasteiger partial charge in [-0.3, -0.25) is 4.79 Å². The predicted octanol–water partition coefficient (Wildman–Crippen LogP) is 3.10. The Morgan fingerprint density at radius 3 is 2.46 bits per heavy atom. The SMILES string of the molecule is CCN(CC)C(=O)c1ccc(CN=C(N)Nc2cccc(OC)c2)cc1. The molecule has 0 heterocycles. The lowest BCUT2D eigenvalue weighted by atomic mass is 10.1. The molecule has 0 aliphatic rings. The molecule has 0 aliphatic heterocycles. The summed E-state index contributed by atoms with van der Waals surface area (Å²) in [5.74, 6) is 1.11. The third-order valence-corrected chi connectivity index (χ3v) is 4.03. The highest BCUT2D eigenvalue weighted by molar-refractivity contribution is 5.94. The van der Waals surface area contributed by atoms with Crippen LogP contribution in [0.4, 0.5) is 5.69 Å². The van der Waals surface area contributed by atoms with E-state index in [0.29, 0.717) is 31.2 Å². The van der Waals surface area contributed by atoms with Gasteiger partial charge in [0.25, 0.3) is 5.91 Å². The van der Waals surface area contributed by atoms with Crippen LogP contribution in [0.2, 0.25) is 0 Å². The van der Waals surface area contributed by atoms with E-state index in [1.165, 1.54) is 0 Å². The number of aliphatic imine (C=N–C) groups is 1. The second-order valence-electron chi connectivity index (χ2n) is 5.73. The zero-order chi connectivity index (χ0) is 18.9. The molecule has 0 aliphatic carbocycles. The highest BCUT2D eigenvalue weighted by Crippen LogP contribution is 2.16. The van der Waals surface area contributed by atoms with Crippen molar-refractivity contribution in [1.29, 1.82) is 0 Å². The maximum Gasteiger partial charge on any atom is 0.253 e. The van der Waals surface area contributed by atoms with Crippen LogP contribution in [0.25, 0.3) is 0 Å². The van der Waals surface area contributed by atoms with Crippen molar-refractivity contribution in [2.75, 3.05) is 25.5 Å². The monoisotopic (exact) mass is 354 g/mol. The summed E-state index contributed by atoms with van der Waals surface area (Å²) in [5, 5.41) is 3.03. The van der Waals surface area contributed by atoms with E-state index in [1.54, 1.807) is 12.0 Å². The van der Waals surface area contributed by atoms with Gasteiger partial charge in [0.05, 0.1) is 13.7 Å². The van der Waals surface area contributed by atoms with E-state index in [2.05, 4.69) is 10.3 Å². The average Bonchev–Trinajstić information content (AvgIpc) is 2.67. The van der Waals surface area contributed by atoms with Crippen LogP contribution in [0, 0.1) is 0 Å². The molecule has 3 N–H and O–H groups in total. The van der Waals surface area contributed by atoms with Crippen molar-refractivity contribution in [3.8, 4) is 5.75 Å². The van der Waals surface area contributed by atoms with Crippen molar-refractivity contribution in [3.05, 3.63) is 59.7 Å². The topological polar surface area (TPSA) is 80.0 Å². The lowest BCUT2D eigenvalue weighted by Crippen LogP contribution is -2.30. The maximum absolute atomic E-state index is 12.3. The lowest BCUT2D eigenvalue weighted by Gasteiger charge is -2.18. The Labute approximate surface area is 154 Å². The van der Waals surface area contributed by atoms with Gasteiger partial charge in [-0.05, 0) is 43.7 Å². The number of nitrogens with two attached hydrogens (primary N) is 1. The summed E-state index contributed by atoms with van der Waals surface area (Å²) in [6, 6.07) is 14.9. The quantitative estimate of drug-likeness (QED) is 0.591. The molecule has 26 heavy (non-hydrogen) atoms. The number of nitrogens with zero attached hydrogens (tertiary/aromatic N) is 2. The third kappa shape index (κ3) is 5.24. The molecule has 138 valence electrons. The standard InChI is InChI=1S/C20H26N4O2/c1-4-24(5-2)19(25)16-11-9-15(10-12-16)14-22-20(21)23-17-7-6-8-18(13-17)26-3/h6-13H,4-5,14H2,1-3H3,(H3,21,22,23). The molecule has 2 rings (SSSR count). The van der Waals surface area contributed by atoms with Gasteiger partial charge < -0.3 is 20.7 Å². The summed E-state index contributed by atoms with van der Waals surface area (Å²) >= 11 is 0. The van der Waals surface area contributed by atoms with E-state index in [-0.39, 0.29) is 5.91 Å². The fraction of sp³-hybridized carbons (Fsp3) is 0.300. The van der Waals surface area contributed by atoms with Crippen LogP contribution in [-0.2, 0) is 6.54 Å². The number of anilines is 1. The van der Waals surface area contributed by atoms with E-state index in [4.69, 9.17) is 10.5 Å². The van der Waals surface area contributed by atoms with E-state index in [0.717, 1.165) is 17.0 Å². The van der Waals surface area contributed by atoms with Crippen LogP contribution in [0.3, 0.4) is 0 Å². The Bertz CT molecular complexity index is 753. The van der Waals surface area contributed by atoms with Gasteiger partial charge in [-0.25, -0.2) is 4.99 Å². The summed E-state index contributed by atoms with van der Waals surface area (Å²) in [6.07, 6.45) is 0. The molecule has 2 aromatic carbocycles. The molecule has 0 radical (unpaired) electrons. The minimum atomic E-state index is 0.0456. The van der Waals surface area contributed by atoms with E-state index in [9.17, 15) is 4.79 Å². The Hall–Kier alpha value is -3.02. The molecule has 0 saturated heterocycles. The van der Waals surface area contributed by atoms with Gasteiger partial charge in [0.1, 0.15) is 5.75 Å². The first-order chi connectivity index (χ1) is 12.6. The van der Waals surface area contributed by atoms with Crippen molar-refractivity contribution in [2.24, 2.45) is 10.7 Å². The number of carbonyl (C=O) groups is 1. The molecule has 0 bridgehead atoms. The van der Waals surface area contributed by atoms with E-state index in [1.807, 2.05) is 62.4 Å². The second kappa shape index (κ2) is 9.46. The van der Waals surface area contributed by atoms with Crippen molar-refractivity contribution in [2.45, 2.75) is 20.4 Å². The average molecular weight is 354 g/mol. The van der Waals surface area contributed by atoms with Crippen LogP contribution in [-0.4, -0.2) is 37.0 Å². The Balaban J connectivity index is 1.97. The van der Waals surface area contributed by atoms with Crippen molar-refractivity contribution >= 4 is 17.6 Å². The zero-order valence-corrected chi connectivity index (χ0v) is 15.5. The number of hydrogen-bond donors (Lipinski definition) is 2. The minimum Gasteiger partial charge on any atom is -0.497 e. The van der Waals surface area contributed by atoms with Gasteiger partial charge in [0.2, 0.25) is 0 Å². The number of nitrogens with one attached hydrogen (secondary N) is 1. The molecule has 0 aromatic heterocycles. The third-order valence-electron chi connectivity index (χ3n) is 4.03. The highest BCUT2D eigenvalue weighted by atomic mass is 16.5. The van der Waals surface area contributed by atoms with Gasteiger partial charge in [0.15, 0.2) is 5.96 Å². The first-order valence-corrected chi connectivity index (χ1v) is 8.66. The minimum absolute atomic E-state index is 0.0456. The lowest BCUT2D eigenvalue weighted by molar-refractivity contribution is 0.0773. The number of rotatable bonds is 7. The molecule has 0 spiro atoms. The molecule has 0 saturated carbocycles. The van der Waals surface area contributed by atoms with Crippen molar-refractivity contribution in [1.82, 2.24) is 4.90 Å². The molecule has 6 nitrogen and oxygen atoms in total. The van der Waals surface area contributed by atoms with Crippen LogP contribution < -0.4 is 15.8 Å². The molecular weight excluding hydrogens is 328 g/mol. The largest absolute Gasteiger partial charge is 0.497 e. The first kappa shape index (κ1) is 19.3. The second-order valence-corrected chi connectivity index (χ2v) is 5.73. The summed E-state index contributed by atoms with van der Waals surface area (Å²) in [6.45, 7) is 5.79. The number of benzene rings is 2. The molecule has 0 fully saturated rings. The summed E-state index contributed by atoms with van der Waals surface area (Å²) < 4.78 is 5.18. The van der Waals surface area contributed by atoms with Crippen LogP contribution in [0.5, 0.6) is 5.75 Å². The maximum atomic E-state index is 12.3. The normalized spacial score (nSPS) is 11.1. The Kier molecular flexibility index (Phi) is 7.02. The molecule has 6 heteroatoms. The summed E-state index contributed by atoms with van der Waals surface area (Å²) in [4.78, 5) is 18.4. The summed E-state index contributed by atoms with van der Waals surface area (Å²) in [5.41, 5.74) is 8.41. The Morgan fingerprint density at radius 1 is 1.15 bits per heavy atom. The number of ether oxygens (including phenoxy) is 1. The first-order valence-electron chi connectivity index (χ1n) is 8.66. The van der Waals surface area contributed by atoms with Crippen LogP contribution in [0.1, 0.15) is 29.8 Å². The molecule has 1 amide bonds. The van der Waals surface area contributed by atoms with E-state index >= 15 is 0 Å². The van der Waals surface area contributed by atoms with Crippen LogP contribution in [0.15, 0.2) is 53.5 Å². The number of methoxy groups -OCH3 is 1. The predicted molar refractivity (Wildman–Crippen MR) is 106 cm³/mol. The van der Waals surface area contributed by atoms with Crippen LogP contribution >= 0.6 is 0 Å². The highest BCUT2D eigenvalue weighted by Gasteiger charge is 2.11.